The normalized spacial score (nSPS) is 19.3. The maximum atomic E-state index is 12.7. The Labute approximate surface area is 173 Å². The third-order valence-corrected chi connectivity index (χ3v) is 6.60. The highest BCUT2D eigenvalue weighted by molar-refractivity contribution is 7.22. The number of carbonyl (C=O) groups excluding carboxylic acids is 1. The number of hydrogen-bond acceptors (Lipinski definition) is 7. The van der Waals surface area contributed by atoms with E-state index in [1.807, 2.05) is 12.1 Å². The topological polar surface area (TPSA) is 93.2 Å². The number of amides is 2. The number of piperidine rings is 1. The maximum Gasteiger partial charge on any atom is 0.323 e. The van der Waals surface area contributed by atoms with Gasteiger partial charge in [-0.15, -0.1) is 0 Å². The number of rotatable bonds is 4. The van der Waals surface area contributed by atoms with E-state index in [0.717, 1.165) is 28.6 Å². The number of aliphatic hydroxyl groups is 1. The number of hydrogen-bond donors (Lipinski definition) is 2. The number of carbonyl (C=O) groups is 1. The van der Waals surface area contributed by atoms with Crippen molar-refractivity contribution in [1.82, 2.24) is 9.88 Å². The van der Waals surface area contributed by atoms with Crippen molar-refractivity contribution in [2.45, 2.75) is 18.8 Å². The number of likely N-dealkylation sites (tertiary alicyclic amines) is 1. The Morgan fingerprint density at radius 2 is 2.03 bits per heavy atom. The Hall–Kier alpha value is -1.94. The van der Waals surface area contributed by atoms with Crippen LogP contribution in [0.4, 0.5) is 9.93 Å². The van der Waals surface area contributed by atoms with E-state index in [2.05, 4.69) is 10.3 Å². The molecule has 3 heterocycles. The Balaban J connectivity index is 1.56. The molecule has 1 aromatic carbocycles. The van der Waals surface area contributed by atoms with Gasteiger partial charge in [-0.2, -0.15) is 0 Å². The molecule has 0 atom stereocenters. The second-order valence-electron chi connectivity index (χ2n) is 7.44. The number of nitrogens with one attached hydrogen (secondary N) is 1. The number of fused-ring (bicyclic) bond motifs is 1. The van der Waals surface area contributed by atoms with Gasteiger partial charge in [0, 0.05) is 25.6 Å². The summed E-state index contributed by atoms with van der Waals surface area (Å²) in [6.45, 7) is 3.88. The lowest BCUT2D eigenvalue weighted by Gasteiger charge is -2.30. The third kappa shape index (κ3) is 4.48. The lowest BCUT2D eigenvalue weighted by Crippen LogP contribution is -2.41. The van der Waals surface area contributed by atoms with Crippen LogP contribution in [-0.2, 0) is 9.47 Å². The van der Waals surface area contributed by atoms with Crippen LogP contribution in [0.5, 0.6) is 5.75 Å². The van der Waals surface area contributed by atoms with Gasteiger partial charge >= 0.3 is 6.03 Å². The van der Waals surface area contributed by atoms with Crippen molar-refractivity contribution in [1.29, 1.82) is 0 Å². The summed E-state index contributed by atoms with van der Waals surface area (Å²) in [7, 11) is 1.62. The molecule has 2 amide bonds. The number of methoxy groups -OCH3 is 1. The Bertz CT molecular complexity index is 842. The number of urea groups is 1. The van der Waals surface area contributed by atoms with Crippen molar-refractivity contribution in [2.75, 3.05) is 58.6 Å². The first-order valence-corrected chi connectivity index (χ1v) is 10.8. The molecule has 2 aliphatic heterocycles. The zero-order valence-corrected chi connectivity index (χ0v) is 17.4. The van der Waals surface area contributed by atoms with E-state index in [0.29, 0.717) is 50.4 Å². The second kappa shape index (κ2) is 9.25. The molecule has 2 fully saturated rings. The molecule has 29 heavy (non-hydrogen) atoms. The summed E-state index contributed by atoms with van der Waals surface area (Å²) in [5, 5.41) is 12.8. The second-order valence-corrected chi connectivity index (χ2v) is 8.44. The average molecular weight is 422 g/mol. The number of benzene rings is 1. The molecule has 4 rings (SSSR count). The molecule has 0 saturated carbocycles. The van der Waals surface area contributed by atoms with E-state index in [1.54, 1.807) is 12.0 Å². The molecule has 2 saturated heterocycles. The van der Waals surface area contributed by atoms with Crippen LogP contribution in [0.25, 0.3) is 10.2 Å². The number of aromatic nitrogens is 1. The molecule has 9 heteroatoms. The Morgan fingerprint density at radius 1 is 1.31 bits per heavy atom. The van der Waals surface area contributed by atoms with Crippen molar-refractivity contribution in [3.8, 4) is 5.75 Å². The van der Waals surface area contributed by atoms with Crippen LogP contribution in [0.3, 0.4) is 0 Å². The summed E-state index contributed by atoms with van der Waals surface area (Å²) >= 11 is 1.45. The van der Waals surface area contributed by atoms with Gasteiger partial charge in [0.15, 0.2) is 5.13 Å². The molecular formula is C20H27N3O5S. The van der Waals surface area contributed by atoms with Crippen LogP contribution in [0.1, 0.15) is 24.3 Å². The van der Waals surface area contributed by atoms with Crippen molar-refractivity contribution in [2.24, 2.45) is 5.92 Å². The lowest BCUT2D eigenvalue weighted by molar-refractivity contribution is 0.103. The molecule has 0 aliphatic carbocycles. The first-order valence-electron chi connectivity index (χ1n) is 9.99. The molecule has 0 spiro atoms. The van der Waals surface area contributed by atoms with E-state index in [1.165, 1.54) is 11.3 Å². The number of aliphatic hydroxyl groups excluding tert-OH is 1. The number of ether oxygens (including phenoxy) is 3. The van der Waals surface area contributed by atoms with Gasteiger partial charge in [0.05, 0.1) is 38.2 Å². The van der Waals surface area contributed by atoms with Crippen LogP contribution in [0.2, 0.25) is 0 Å². The summed E-state index contributed by atoms with van der Waals surface area (Å²) in [5.74, 6) is 1.09. The van der Waals surface area contributed by atoms with Crippen molar-refractivity contribution in [3.63, 3.8) is 0 Å². The minimum Gasteiger partial charge on any atom is -0.494 e. The van der Waals surface area contributed by atoms with E-state index < -0.39 is 0 Å². The van der Waals surface area contributed by atoms with E-state index in [4.69, 9.17) is 14.2 Å². The highest BCUT2D eigenvalue weighted by Gasteiger charge is 2.25. The molecular weight excluding hydrogens is 394 g/mol. The predicted octanol–water partition coefficient (Wildman–Crippen LogP) is 2.67. The molecule has 158 valence electrons. The first-order chi connectivity index (χ1) is 14.2. The van der Waals surface area contributed by atoms with E-state index in [9.17, 15) is 9.90 Å². The number of nitrogens with zero attached hydrogens (tertiary/aromatic N) is 2. The number of thiazole rings is 1. The lowest BCUT2D eigenvalue weighted by atomic mass is 9.98. The standard InChI is InChI=1S/C20H27N3O5S/c1-26-16-3-2-15(14-11-27-8-9-28-12-14)18-17(16)21-19(29-18)22-20(25)23-6-4-13(10-24)5-7-23/h2-3,13-14,24H,4-12H2,1H3,(H,21,22,25). The fourth-order valence-electron chi connectivity index (χ4n) is 3.83. The van der Waals surface area contributed by atoms with Crippen LogP contribution in [0.15, 0.2) is 12.1 Å². The predicted molar refractivity (Wildman–Crippen MR) is 111 cm³/mol. The van der Waals surface area contributed by atoms with Crippen LogP contribution in [0, 0.1) is 5.92 Å². The smallest absolute Gasteiger partial charge is 0.323 e. The maximum absolute atomic E-state index is 12.7. The largest absolute Gasteiger partial charge is 0.494 e. The van der Waals surface area contributed by atoms with Gasteiger partial charge < -0.3 is 24.2 Å². The molecule has 0 bridgehead atoms. The molecule has 0 unspecified atom stereocenters. The number of anilines is 1. The summed E-state index contributed by atoms with van der Waals surface area (Å²) in [5.41, 5.74) is 1.85. The van der Waals surface area contributed by atoms with E-state index >= 15 is 0 Å². The fourth-order valence-corrected chi connectivity index (χ4v) is 4.89. The molecule has 1 aromatic heterocycles. The molecule has 8 nitrogen and oxygen atoms in total. The van der Waals surface area contributed by atoms with Crippen LogP contribution >= 0.6 is 11.3 Å². The summed E-state index contributed by atoms with van der Waals surface area (Å²) in [6, 6.07) is 3.79. The molecule has 2 aliphatic rings. The molecule has 2 N–H and O–H groups in total. The van der Waals surface area contributed by atoms with Gasteiger partial charge in [-0.3, -0.25) is 5.32 Å². The van der Waals surface area contributed by atoms with Gasteiger partial charge in [0.2, 0.25) is 0 Å². The highest BCUT2D eigenvalue weighted by atomic mass is 32.1. The summed E-state index contributed by atoms with van der Waals surface area (Å²) in [6.07, 6.45) is 1.65. The molecule has 2 aromatic rings. The zero-order chi connectivity index (χ0) is 20.2. The first kappa shape index (κ1) is 20.3. The van der Waals surface area contributed by atoms with Crippen molar-refractivity contribution < 1.29 is 24.1 Å². The summed E-state index contributed by atoms with van der Waals surface area (Å²) in [4.78, 5) is 19.1. The van der Waals surface area contributed by atoms with Crippen LogP contribution < -0.4 is 10.1 Å². The van der Waals surface area contributed by atoms with Crippen molar-refractivity contribution in [3.05, 3.63) is 17.7 Å². The SMILES string of the molecule is COc1ccc(C2COCCOC2)c2sc(NC(=O)N3CCC(CO)CC3)nc12. The minimum atomic E-state index is -0.151. The van der Waals surface area contributed by atoms with E-state index in [-0.39, 0.29) is 24.5 Å². The Kier molecular flexibility index (Phi) is 6.49. The van der Waals surface area contributed by atoms with Gasteiger partial charge in [-0.05, 0) is 30.4 Å². The van der Waals surface area contributed by atoms with Gasteiger partial charge in [-0.1, -0.05) is 17.4 Å². The third-order valence-electron chi connectivity index (χ3n) is 5.58. The Morgan fingerprint density at radius 3 is 2.69 bits per heavy atom. The van der Waals surface area contributed by atoms with Crippen molar-refractivity contribution >= 4 is 32.7 Å². The fraction of sp³-hybridized carbons (Fsp3) is 0.600. The zero-order valence-electron chi connectivity index (χ0n) is 16.6. The molecule has 0 radical (unpaired) electrons. The minimum absolute atomic E-state index is 0.118. The quantitative estimate of drug-likeness (QED) is 0.789. The monoisotopic (exact) mass is 421 g/mol. The van der Waals surface area contributed by atoms with Crippen LogP contribution in [-0.4, -0.2) is 74.3 Å². The summed E-state index contributed by atoms with van der Waals surface area (Å²) < 4.78 is 17.8. The highest BCUT2D eigenvalue weighted by Crippen LogP contribution is 2.38. The van der Waals surface area contributed by atoms with Gasteiger partial charge in [0.25, 0.3) is 0 Å². The average Bonchev–Trinajstić information content (AvgIpc) is 2.98. The van der Waals surface area contributed by atoms with Gasteiger partial charge in [0.1, 0.15) is 11.3 Å². The van der Waals surface area contributed by atoms with Gasteiger partial charge in [-0.25, -0.2) is 9.78 Å².